The van der Waals surface area contributed by atoms with E-state index >= 15 is 0 Å². The Balaban J connectivity index is 0.00000242. The molecule has 0 spiro atoms. The number of alkyl halides is 2. The number of hydrogen-bond acceptors (Lipinski definition) is 3. The standard InChI is InChI=1S/C14H23F2N3O2.ClH/c1-2-5-17-12(20)10-3-6-19(7-4-10)13(21)11-8-14(15,16)9-18-11;/h10-11,18H,2-9H2,1H3,(H,17,20);1H. The van der Waals surface area contributed by atoms with Gasteiger partial charge in [-0.1, -0.05) is 6.92 Å². The molecule has 2 amide bonds. The van der Waals surface area contributed by atoms with E-state index in [0.29, 0.717) is 32.5 Å². The number of amides is 2. The van der Waals surface area contributed by atoms with Crippen molar-refractivity contribution in [2.24, 2.45) is 5.92 Å². The average Bonchev–Trinajstić information content (AvgIpc) is 2.84. The molecule has 2 N–H and O–H groups in total. The maximum atomic E-state index is 13.1. The van der Waals surface area contributed by atoms with Gasteiger partial charge in [0.05, 0.1) is 12.6 Å². The van der Waals surface area contributed by atoms with Gasteiger partial charge in [-0.15, -0.1) is 12.4 Å². The Morgan fingerprint density at radius 2 is 1.95 bits per heavy atom. The van der Waals surface area contributed by atoms with Gasteiger partial charge in [-0.3, -0.25) is 14.9 Å². The first-order valence-corrected chi connectivity index (χ1v) is 7.60. The molecule has 2 aliphatic rings. The predicted octanol–water partition coefficient (Wildman–Crippen LogP) is 1.17. The van der Waals surface area contributed by atoms with Gasteiger partial charge < -0.3 is 10.2 Å². The van der Waals surface area contributed by atoms with Crippen molar-refractivity contribution in [3.63, 3.8) is 0 Å². The van der Waals surface area contributed by atoms with Gasteiger partial charge in [0.2, 0.25) is 11.8 Å². The molecule has 0 radical (unpaired) electrons. The highest BCUT2D eigenvalue weighted by Crippen LogP contribution is 2.27. The zero-order valence-corrected chi connectivity index (χ0v) is 13.6. The van der Waals surface area contributed by atoms with Gasteiger partial charge in [0.1, 0.15) is 0 Å². The molecule has 2 rings (SSSR count). The van der Waals surface area contributed by atoms with Crippen LogP contribution in [0.4, 0.5) is 8.78 Å². The lowest BCUT2D eigenvalue weighted by Crippen LogP contribution is -2.48. The van der Waals surface area contributed by atoms with Crippen LogP contribution in [-0.4, -0.2) is 54.9 Å². The van der Waals surface area contributed by atoms with Crippen LogP contribution in [0.2, 0.25) is 0 Å². The topological polar surface area (TPSA) is 61.4 Å². The molecule has 0 aliphatic carbocycles. The lowest BCUT2D eigenvalue weighted by molar-refractivity contribution is -0.137. The summed E-state index contributed by atoms with van der Waals surface area (Å²) in [5.41, 5.74) is 0. The van der Waals surface area contributed by atoms with E-state index in [9.17, 15) is 18.4 Å². The number of nitrogens with zero attached hydrogens (tertiary/aromatic N) is 1. The van der Waals surface area contributed by atoms with Crippen molar-refractivity contribution in [3.05, 3.63) is 0 Å². The summed E-state index contributed by atoms with van der Waals surface area (Å²) in [6.07, 6.45) is 1.67. The third kappa shape index (κ3) is 4.78. The molecule has 2 aliphatic heterocycles. The summed E-state index contributed by atoms with van der Waals surface area (Å²) in [6.45, 7) is 3.16. The lowest BCUT2D eigenvalue weighted by atomic mass is 9.95. The molecule has 1 unspecified atom stereocenters. The summed E-state index contributed by atoms with van der Waals surface area (Å²) in [4.78, 5) is 25.6. The maximum absolute atomic E-state index is 13.1. The molecule has 0 bridgehead atoms. The number of likely N-dealkylation sites (tertiary alicyclic amines) is 1. The fraction of sp³-hybridized carbons (Fsp3) is 0.857. The molecular weight excluding hydrogens is 316 g/mol. The van der Waals surface area contributed by atoms with Crippen LogP contribution in [0.3, 0.4) is 0 Å². The summed E-state index contributed by atoms with van der Waals surface area (Å²) in [5, 5.41) is 5.44. The van der Waals surface area contributed by atoms with Crippen molar-refractivity contribution in [2.75, 3.05) is 26.2 Å². The number of piperidine rings is 1. The van der Waals surface area contributed by atoms with E-state index in [-0.39, 0.29) is 30.1 Å². The van der Waals surface area contributed by atoms with Gasteiger partial charge in [0.25, 0.3) is 5.92 Å². The van der Waals surface area contributed by atoms with Crippen LogP contribution >= 0.6 is 12.4 Å². The first-order valence-electron chi connectivity index (χ1n) is 7.60. The Labute approximate surface area is 135 Å². The molecule has 2 heterocycles. The van der Waals surface area contributed by atoms with Crippen LogP contribution in [0.25, 0.3) is 0 Å². The number of carbonyl (C=O) groups is 2. The number of nitrogens with one attached hydrogen (secondary N) is 2. The molecule has 22 heavy (non-hydrogen) atoms. The normalized spacial score (nSPS) is 24.7. The van der Waals surface area contributed by atoms with Gasteiger partial charge in [0, 0.05) is 32.0 Å². The van der Waals surface area contributed by atoms with Crippen molar-refractivity contribution >= 4 is 24.2 Å². The highest BCUT2D eigenvalue weighted by Gasteiger charge is 2.44. The summed E-state index contributed by atoms with van der Waals surface area (Å²) >= 11 is 0. The molecule has 0 aromatic carbocycles. The predicted molar refractivity (Wildman–Crippen MR) is 81.2 cm³/mol. The molecule has 0 aromatic heterocycles. The number of halogens is 3. The van der Waals surface area contributed by atoms with Crippen molar-refractivity contribution in [1.29, 1.82) is 0 Å². The van der Waals surface area contributed by atoms with Gasteiger partial charge in [0.15, 0.2) is 0 Å². The van der Waals surface area contributed by atoms with E-state index < -0.39 is 24.9 Å². The van der Waals surface area contributed by atoms with Crippen LogP contribution < -0.4 is 10.6 Å². The van der Waals surface area contributed by atoms with Crippen molar-refractivity contribution in [2.45, 2.75) is 44.6 Å². The average molecular weight is 340 g/mol. The largest absolute Gasteiger partial charge is 0.356 e. The molecule has 1 atom stereocenters. The van der Waals surface area contributed by atoms with E-state index in [0.717, 1.165) is 6.42 Å². The SMILES string of the molecule is CCCNC(=O)C1CCN(C(=O)C2CC(F)(F)CN2)CC1.Cl. The van der Waals surface area contributed by atoms with Crippen LogP contribution in [-0.2, 0) is 9.59 Å². The molecule has 5 nitrogen and oxygen atoms in total. The summed E-state index contributed by atoms with van der Waals surface area (Å²) in [6, 6.07) is -0.787. The minimum absolute atomic E-state index is 0. The van der Waals surface area contributed by atoms with Gasteiger partial charge >= 0.3 is 0 Å². The van der Waals surface area contributed by atoms with Crippen LogP contribution in [0, 0.1) is 5.92 Å². The molecule has 8 heteroatoms. The molecule has 2 saturated heterocycles. The molecular formula is C14H24ClF2N3O2. The highest BCUT2D eigenvalue weighted by molar-refractivity contribution is 5.85. The molecule has 2 fully saturated rings. The zero-order valence-electron chi connectivity index (χ0n) is 12.7. The first-order chi connectivity index (χ1) is 9.93. The third-order valence-electron chi connectivity index (χ3n) is 4.13. The Morgan fingerprint density at radius 3 is 2.45 bits per heavy atom. The highest BCUT2D eigenvalue weighted by atomic mass is 35.5. The fourth-order valence-electron chi connectivity index (χ4n) is 2.87. The fourth-order valence-corrected chi connectivity index (χ4v) is 2.87. The third-order valence-corrected chi connectivity index (χ3v) is 4.13. The Morgan fingerprint density at radius 1 is 1.32 bits per heavy atom. The second kappa shape index (κ2) is 8.06. The first kappa shape index (κ1) is 19.1. The van der Waals surface area contributed by atoms with Crippen LogP contribution in [0.5, 0.6) is 0 Å². The second-order valence-electron chi connectivity index (χ2n) is 5.88. The van der Waals surface area contributed by atoms with E-state index in [1.165, 1.54) is 0 Å². The summed E-state index contributed by atoms with van der Waals surface area (Å²) < 4.78 is 26.2. The smallest absolute Gasteiger partial charge is 0.262 e. The Kier molecular flexibility index (Phi) is 6.99. The quantitative estimate of drug-likeness (QED) is 0.808. The monoisotopic (exact) mass is 339 g/mol. The summed E-state index contributed by atoms with van der Waals surface area (Å²) in [7, 11) is 0. The second-order valence-corrected chi connectivity index (χ2v) is 5.88. The van der Waals surface area contributed by atoms with Gasteiger partial charge in [-0.05, 0) is 19.3 Å². The Bertz CT molecular complexity index is 402. The van der Waals surface area contributed by atoms with Crippen LogP contribution in [0.1, 0.15) is 32.6 Å². The Hall–Kier alpha value is -0.950. The molecule has 0 aromatic rings. The minimum Gasteiger partial charge on any atom is -0.356 e. The zero-order chi connectivity index (χ0) is 15.5. The van der Waals surface area contributed by atoms with E-state index in [1.807, 2.05) is 6.92 Å². The van der Waals surface area contributed by atoms with Gasteiger partial charge in [-0.2, -0.15) is 0 Å². The van der Waals surface area contributed by atoms with Crippen LogP contribution in [0.15, 0.2) is 0 Å². The van der Waals surface area contributed by atoms with Crippen molar-refractivity contribution in [1.82, 2.24) is 15.5 Å². The summed E-state index contributed by atoms with van der Waals surface area (Å²) in [5.74, 6) is -3.09. The van der Waals surface area contributed by atoms with Gasteiger partial charge in [-0.25, -0.2) is 8.78 Å². The number of hydrogen-bond donors (Lipinski definition) is 2. The lowest BCUT2D eigenvalue weighted by Gasteiger charge is -2.33. The maximum Gasteiger partial charge on any atom is 0.262 e. The van der Waals surface area contributed by atoms with E-state index in [4.69, 9.17) is 0 Å². The van der Waals surface area contributed by atoms with Crippen molar-refractivity contribution in [3.8, 4) is 0 Å². The van der Waals surface area contributed by atoms with E-state index in [2.05, 4.69) is 10.6 Å². The minimum atomic E-state index is -2.79. The number of rotatable bonds is 4. The van der Waals surface area contributed by atoms with Crippen molar-refractivity contribution < 1.29 is 18.4 Å². The van der Waals surface area contributed by atoms with E-state index in [1.54, 1.807) is 4.90 Å². The molecule has 128 valence electrons. The number of carbonyl (C=O) groups excluding carboxylic acids is 2. The molecule has 0 saturated carbocycles.